The molecular weight excluding hydrogens is 291 g/mol. The summed E-state index contributed by atoms with van der Waals surface area (Å²) in [4.78, 5) is 8.55. The van der Waals surface area contributed by atoms with Crippen LogP contribution in [0.2, 0.25) is 0 Å². The highest BCUT2D eigenvalue weighted by molar-refractivity contribution is 9.10. The van der Waals surface area contributed by atoms with Gasteiger partial charge in [-0.1, -0.05) is 0 Å². The van der Waals surface area contributed by atoms with Gasteiger partial charge in [0.15, 0.2) is 0 Å². The van der Waals surface area contributed by atoms with Crippen LogP contribution in [0.15, 0.2) is 34.1 Å². The Morgan fingerprint density at radius 1 is 1.31 bits per heavy atom. The molecule has 0 unspecified atom stereocenters. The molecule has 0 bridgehead atoms. The molecule has 1 aromatic carbocycles. The normalized spacial score (nSPS) is 11.1. The lowest BCUT2D eigenvalue weighted by atomic mass is 10.3. The van der Waals surface area contributed by atoms with Crippen molar-refractivity contribution in [2.75, 3.05) is 0 Å². The zero-order valence-corrected chi connectivity index (χ0v) is 10.4. The Bertz CT molecular complexity index is 659. The zero-order chi connectivity index (χ0) is 11.1. The Morgan fingerprint density at radius 2 is 2.19 bits per heavy atom. The van der Waals surface area contributed by atoms with E-state index in [1.165, 1.54) is 12.1 Å². The van der Waals surface area contributed by atoms with Crippen LogP contribution in [0.3, 0.4) is 0 Å². The predicted octanol–water partition coefficient (Wildman–Crippen LogP) is 4.19. The average molecular weight is 297 g/mol. The van der Waals surface area contributed by atoms with Crippen LogP contribution in [0.1, 0.15) is 0 Å². The number of aromatic nitrogens is 2. The third-order valence-corrected chi connectivity index (χ3v) is 4.12. The summed E-state index contributed by atoms with van der Waals surface area (Å²) in [5.74, 6) is 0.510. The van der Waals surface area contributed by atoms with Gasteiger partial charge in [-0.05, 0) is 45.6 Å². The predicted molar refractivity (Wildman–Crippen MR) is 67.1 cm³/mol. The fourth-order valence-corrected chi connectivity index (χ4v) is 3.06. The van der Waals surface area contributed by atoms with Gasteiger partial charge in [-0.25, -0.2) is 9.37 Å². The van der Waals surface area contributed by atoms with Gasteiger partial charge in [0.05, 0.1) is 15.9 Å². The van der Waals surface area contributed by atoms with Gasteiger partial charge in [0.25, 0.3) is 0 Å². The molecule has 0 atom stereocenters. The van der Waals surface area contributed by atoms with E-state index in [2.05, 4.69) is 25.9 Å². The minimum absolute atomic E-state index is 0.257. The number of hydrogen-bond donors (Lipinski definition) is 1. The average Bonchev–Trinajstić information content (AvgIpc) is 2.82. The van der Waals surface area contributed by atoms with Crippen molar-refractivity contribution in [3.63, 3.8) is 0 Å². The van der Waals surface area contributed by atoms with E-state index >= 15 is 0 Å². The van der Waals surface area contributed by atoms with E-state index in [4.69, 9.17) is 0 Å². The number of nitrogens with zero attached hydrogens (tertiary/aromatic N) is 1. The molecule has 2 heterocycles. The van der Waals surface area contributed by atoms with Crippen LogP contribution in [0, 0.1) is 5.82 Å². The van der Waals surface area contributed by atoms with Gasteiger partial charge in [0, 0.05) is 4.47 Å². The van der Waals surface area contributed by atoms with Crippen LogP contribution < -0.4 is 0 Å². The zero-order valence-electron chi connectivity index (χ0n) is 8.00. The van der Waals surface area contributed by atoms with E-state index in [0.717, 1.165) is 26.2 Å². The number of benzene rings is 1. The van der Waals surface area contributed by atoms with Crippen molar-refractivity contribution in [3.05, 3.63) is 39.9 Å². The molecule has 3 rings (SSSR count). The molecule has 0 spiro atoms. The van der Waals surface area contributed by atoms with Crippen molar-refractivity contribution >= 4 is 38.3 Å². The topological polar surface area (TPSA) is 28.7 Å². The molecule has 0 aliphatic rings. The summed E-state index contributed by atoms with van der Waals surface area (Å²) in [6.07, 6.45) is 0. The number of imidazole rings is 1. The van der Waals surface area contributed by atoms with Crippen LogP contribution >= 0.6 is 27.3 Å². The van der Waals surface area contributed by atoms with Gasteiger partial charge < -0.3 is 4.98 Å². The Morgan fingerprint density at radius 3 is 2.94 bits per heavy atom. The standard InChI is InChI=1S/C11H6BrFN2S/c12-7-3-4-16-10(7)11-14-8-2-1-6(13)5-9(8)15-11/h1-5H,(H,14,15). The smallest absolute Gasteiger partial charge is 0.149 e. The van der Waals surface area contributed by atoms with E-state index in [1.807, 2.05) is 11.4 Å². The molecule has 0 radical (unpaired) electrons. The fourth-order valence-electron chi connectivity index (χ4n) is 1.55. The summed E-state index contributed by atoms with van der Waals surface area (Å²) >= 11 is 5.04. The minimum atomic E-state index is -0.257. The summed E-state index contributed by atoms with van der Waals surface area (Å²) in [6.45, 7) is 0. The molecule has 3 aromatic rings. The number of aromatic amines is 1. The van der Waals surface area contributed by atoms with Crippen molar-refractivity contribution in [1.29, 1.82) is 0 Å². The lowest BCUT2D eigenvalue weighted by Crippen LogP contribution is -1.74. The summed E-state index contributed by atoms with van der Waals surface area (Å²) < 4.78 is 14.0. The second-order valence-corrected chi connectivity index (χ2v) is 5.11. The highest BCUT2D eigenvalue weighted by Crippen LogP contribution is 2.32. The molecule has 0 saturated heterocycles. The largest absolute Gasteiger partial charge is 0.337 e. The molecule has 0 aliphatic carbocycles. The van der Waals surface area contributed by atoms with E-state index in [1.54, 1.807) is 17.4 Å². The number of rotatable bonds is 1. The number of hydrogen-bond acceptors (Lipinski definition) is 2. The molecule has 0 aliphatic heterocycles. The molecule has 5 heteroatoms. The SMILES string of the molecule is Fc1ccc2nc(-c3sccc3Br)[nH]c2c1. The van der Waals surface area contributed by atoms with Gasteiger partial charge >= 0.3 is 0 Å². The second-order valence-electron chi connectivity index (χ2n) is 3.34. The number of H-pyrrole nitrogens is 1. The highest BCUT2D eigenvalue weighted by atomic mass is 79.9. The maximum absolute atomic E-state index is 13.0. The molecule has 1 N–H and O–H groups in total. The van der Waals surface area contributed by atoms with Crippen LogP contribution in [0.5, 0.6) is 0 Å². The summed E-state index contributed by atoms with van der Waals surface area (Å²) in [5.41, 5.74) is 1.49. The van der Waals surface area contributed by atoms with Gasteiger partial charge in [0.2, 0.25) is 0 Å². The first-order chi connectivity index (χ1) is 7.74. The molecule has 80 valence electrons. The molecule has 2 nitrogen and oxygen atoms in total. The molecule has 16 heavy (non-hydrogen) atoms. The van der Waals surface area contributed by atoms with Crippen LogP contribution in [-0.2, 0) is 0 Å². The first-order valence-electron chi connectivity index (χ1n) is 4.63. The third kappa shape index (κ3) is 1.56. The van der Waals surface area contributed by atoms with Gasteiger partial charge in [-0.3, -0.25) is 0 Å². The lowest BCUT2D eigenvalue weighted by molar-refractivity contribution is 0.629. The Kier molecular flexibility index (Phi) is 2.29. The van der Waals surface area contributed by atoms with E-state index in [-0.39, 0.29) is 5.82 Å². The number of nitrogens with one attached hydrogen (secondary N) is 1. The summed E-state index contributed by atoms with van der Waals surface area (Å²) in [6, 6.07) is 6.50. The lowest BCUT2D eigenvalue weighted by Gasteiger charge is -1.90. The first-order valence-corrected chi connectivity index (χ1v) is 6.30. The third-order valence-electron chi connectivity index (χ3n) is 2.28. The monoisotopic (exact) mass is 296 g/mol. The maximum atomic E-state index is 13.0. The van der Waals surface area contributed by atoms with E-state index < -0.39 is 0 Å². The molecule has 2 aromatic heterocycles. The maximum Gasteiger partial charge on any atom is 0.149 e. The van der Waals surface area contributed by atoms with Gasteiger partial charge in [-0.15, -0.1) is 11.3 Å². The van der Waals surface area contributed by atoms with E-state index in [9.17, 15) is 4.39 Å². The van der Waals surface area contributed by atoms with Gasteiger partial charge in [0.1, 0.15) is 11.6 Å². The molecule has 0 saturated carbocycles. The Balaban J connectivity index is 2.23. The quantitative estimate of drug-likeness (QED) is 0.716. The van der Waals surface area contributed by atoms with Crippen molar-refractivity contribution < 1.29 is 4.39 Å². The van der Waals surface area contributed by atoms with Crippen molar-refractivity contribution in [1.82, 2.24) is 9.97 Å². The Labute approximate surface area is 103 Å². The number of fused-ring (bicyclic) bond motifs is 1. The van der Waals surface area contributed by atoms with Crippen LogP contribution in [0.4, 0.5) is 4.39 Å². The van der Waals surface area contributed by atoms with Crippen molar-refractivity contribution in [3.8, 4) is 10.7 Å². The Hall–Kier alpha value is -1.20. The van der Waals surface area contributed by atoms with Crippen molar-refractivity contribution in [2.24, 2.45) is 0 Å². The van der Waals surface area contributed by atoms with Crippen LogP contribution in [-0.4, -0.2) is 9.97 Å². The summed E-state index contributed by atoms with van der Waals surface area (Å²) in [7, 11) is 0. The second kappa shape index (κ2) is 3.68. The van der Waals surface area contributed by atoms with Crippen molar-refractivity contribution in [2.45, 2.75) is 0 Å². The molecule has 0 amide bonds. The molecular formula is C11H6BrFN2S. The highest BCUT2D eigenvalue weighted by Gasteiger charge is 2.10. The van der Waals surface area contributed by atoms with E-state index in [0.29, 0.717) is 0 Å². The first kappa shape index (κ1) is 9.99. The molecule has 0 fully saturated rings. The van der Waals surface area contributed by atoms with Crippen LogP contribution in [0.25, 0.3) is 21.7 Å². The number of halogens is 2. The van der Waals surface area contributed by atoms with Gasteiger partial charge in [-0.2, -0.15) is 0 Å². The minimum Gasteiger partial charge on any atom is -0.337 e. The summed E-state index contributed by atoms with van der Waals surface area (Å²) in [5, 5.41) is 1.98. The number of thiophene rings is 1. The fraction of sp³-hybridized carbons (Fsp3) is 0.